The van der Waals surface area contributed by atoms with Crippen molar-refractivity contribution in [1.29, 1.82) is 0 Å². The number of rotatable bonds is 2. The number of hydrogen-bond donors (Lipinski definition) is 1. The van der Waals surface area contributed by atoms with Gasteiger partial charge in [-0.05, 0) is 36.1 Å². The Bertz CT molecular complexity index is 565. The van der Waals surface area contributed by atoms with Crippen LogP contribution in [0.2, 0.25) is 0 Å². The minimum atomic E-state index is -0.172. The molecule has 0 saturated carbocycles. The Balaban J connectivity index is 1.92. The summed E-state index contributed by atoms with van der Waals surface area (Å²) < 4.78 is 5.90. The largest absolute Gasteiger partial charge is 0.371 e. The van der Waals surface area contributed by atoms with Crippen LogP contribution in [-0.4, -0.2) is 11.6 Å². The maximum absolute atomic E-state index is 6.37. The molecule has 0 fully saturated rings. The number of benzene rings is 1. The van der Waals surface area contributed by atoms with Crippen LogP contribution >= 0.6 is 0 Å². The van der Waals surface area contributed by atoms with Gasteiger partial charge in [0.25, 0.3) is 0 Å². The molecule has 1 aliphatic heterocycles. The van der Waals surface area contributed by atoms with Crippen molar-refractivity contribution in [3.63, 3.8) is 0 Å². The fraction of sp³-hybridized carbons (Fsp3) is 0.312. The predicted molar refractivity (Wildman–Crippen MR) is 74.7 cm³/mol. The van der Waals surface area contributed by atoms with Crippen molar-refractivity contribution in [2.45, 2.75) is 25.5 Å². The van der Waals surface area contributed by atoms with E-state index in [9.17, 15) is 0 Å². The van der Waals surface area contributed by atoms with E-state index in [0.29, 0.717) is 0 Å². The molecule has 3 rings (SSSR count). The van der Waals surface area contributed by atoms with Crippen LogP contribution in [0.15, 0.2) is 42.6 Å². The molecular formula is C16H18N2O. The second kappa shape index (κ2) is 5.11. The van der Waals surface area contributed by atoms with Crippen LogP contribution in [0.1, 0.15) is 34.5 Å². The van der Waals surface area contributed by atoms with Gasteiger partial charge in [0.1, 0.15) is 6.10 Å². The summed E-state index contributed by atoms with van der Waals surface area (Å²) in [5.74, 6) is 0. The summed E-state index contributed by atoms with van der Waals surface area (Å²) in [6.07, 6.45) is 2.74. The summed E-state index contributed by atoms with van der Waals surface area (Å²) in [7, 11) is 0. The SMILES string of the molecule is Cc1ccc(C(N)C2OCCc3ccccc32)cn1. The highest BCUT2D eigenvalue weighted by Crippen LogP contribution is 2.35. The molecule has 0 spiro atoms. The first-order chi connectivity index (χ1) is 9.25. The average molecular weight is 254 g/mol. The molecule has 0 amide bonds. The molecule has 2 N–H and O–H groups in total. The van der Waals surface area contributed by atoms with Gasteiger partial charge in [-0.2, -0.15) is 0 Å². The maximum Gasteiger partial charge on any atom is 0.102 e. The fourth-order valence-corrected chi connectivity index (χ4v) is 2.57. The monoisotopic (exact) mass is 254 g/mol. The number of nitrogens with two attached hydrogens (primary N) is 1. The lowest BCUT2D eigenvalue weighted by Gasteiger charge is -2.30. The molecular weight excluding hydrogens is 236 g/mol. The molecule has 3 heteroatoms. The highest BCUT2D eigenvalue weighted by atomic mass is 16.5. The van der Waals surface area contributed by atoms with E-state index in [2.05, 4.69) is 23.2 Å². The van der Waals surface area contributed by atoms with Gasteiger partial charge in [0.2, 0.25) is 0 Å². The van der Waals surface area contributed by atoms with Crippen LogP contribution in [0.5, 0.6) is 0 Å². The molecule has 2 unspecified atom stereocenters. The van der Waals surface area contributed by atoms with Crippen LogP contribution in [0.3, 0.4) is 0 Å². The van der Waals surface area contributed by atoms with Gasteiger partial charge in [0.05, 0.1) is 12.6 Å². The van der Waals surface area contributed by atoms with Gasteiger partial charge < -0.3 is 10.5 Å². The number of nitrogens with zero attached hydrogens (tertiary/aromatic N) is 1. The summed E-state index contributed by atoms with van der Waals surface area (Å²) >= 11 is 0. The molecule has 2 aromatic rings. The van der Waals surface area contributed by atoms with Gasteiger partial charge in [0, 0.05) is 11.9 Å². The lowest BCUT2D eigenvalue weighted by atomic mass is 9.91. The molecule has 19 heavy (non-hydrogen) atoms. The number of pyridine rings is 1. The minimum absolute atomic E-state index is 0.0746. The number of ether oxygens (including phenoxy) is 1. The zero-order chi connectivity index (χ0) is 13.2. The van der Waals surface area contributed by atoms with Crippen molar-refractivity contribution in [3.8, 4) is 0 Å². The first-order valence-corrected chi connectivity index (χ1v) is 6.63. The lowest BCUT2D eigenvalue weighted by Crippen LogP contribution is -2.27. The topological polar surface area (TPSA) is 48.1 Å². The summed E-state index contributed by atoms with van der Waals surface area (Å²) in [5, 5.41) is 0. The van der Waals surface area contributed by atoms with Gasteiger partial charge in [-0.3, -0.25) is 4.98 Å². The molecule has 1 aromatic carbocycles. The number of hydrogen-bond acceptors (Lipinski definition) is 3. The Morgan fingerprint density at radius 1 is 1.26 bits per heavy atom. The van der Waals surface area contributed by atoms with Crippen LogP contribution in [0.4, 0.5) is 0 Å². The third-order valence-electron chi connectivity index (χ3n) is 3.68. The molecule has 1 aliphatic rings. The second-order valence-corrected chi connectivity index (χ2v) is 5.00. The van der Waals surface area contributed by atoms with Gasteiger partial charge in [0.15, 0.2) is 0 Å². The summed E-state index contributed by atoms with van der Waals surface area (Å²) in [4.78, 5) is 4.32. The number of aromatic nitrogens is 1. The molecule has 0 bridgehead atoms. The summed E-state index contributed by atoms with van der Waals surface area (Å²) in [6.45, 7) is 2.70. The highest BCUT2D eigenvalue weighted by molar-refractivity contribution is 5.33. The van der Waals surface area contributed by atoms with Crippen LogP contribution in [0.25, 0.3) is 0 Å². The Morgan fingerprint density at radius 3 is 2.89 bits per heavy atom. The lowest BCUT2D eigenvalue weighted by molar-refractivity contribution is 0.0240. The summed E-state index contributed by atoms with van der Waals surface area (Å²) in [5.41, 5.74) is 10.9. The maximum atomic E-state index is 6.37. The zero-order valence-electron chi connectivity index (χ0n) is 11.0. The number of fused-ring (bicyclic) bond motifs is 1. The molecule has 3 nitrogen and oxygen atoms in total. The standard InChI is InChI=1S/C16H18N2O/c1-11-6-7-13(10-18-11)15(17)16-14-5-3-2-4-12(14)8-9-19-16/h2-7,10,15-16H,8-9,17H2,1H3. The first kappa shape index (κ1) is 12.3. The third kappa shape index (κ3) is 2.39. The molecule has 0 radical (unpaired) electrons. The van der Waals surface area contributed by atoms with E-state index in [1.54, 1.807) is 0 Å². The van der Waals surface area contributed by atoms with E-state index < -0.39 is 0 Å². The van der Waals surface area contributed by atoms with Gasteiger partial charge >= 0.3 is 0 Å². The highest BCUT2D eigenvalue weighted by Gasteiger charge is 2.27. The van der Waals surface area contributed by atoms with Crippen molar-refractivity contribution >= 4 is 0 Å². The first-order valence-electron chi connectivity index (χ1n) is 6.63. The van der Waals surface area contributed by atoms with E-state index >= 15 is 0 Å². The zero-order valence-corrected chi connectivity index (χ0v) is 11.0. The predicted octanol–water partition coefficient (Wildman–Crippen LogP) is 2.70. The van der Waals surface area contributed by atoms with Crippen molar-refractivity contribution < 1.29 is 4.74 Å². The Morgan fingerprint density at radius 2 is 2.11 bits per heavy atom. The van der Waals surface area contributed by atoms with E-state index in [-0.39, 0.29) is 12.1 Å². The minimum Gasteiger partial charge on any atom is -0.371 e. The number of aryl methyl sites for hydroxylation is 1. The Kier molecular flexibility index (Phi) is 3.32. The second-order valence-electron chi connectivity index (χ2n) is 5.00. The fourth-order valence-electron chi connectivity index (χ4n) is 2.57. The molecule has 2 atom stereocenters. The normalized spacial score (nSPS) is 19.8. The molecule has 0 aliphatic carbocycles. The van der Waals surface area contributed by atoms with Crippen molar-refractivity contribution in [2.75, 3.05) is 6.61 Å². The van der Waals surface area contributed by atoms with Crippen LogP contribution < -0.4 is 5.73 Å². The summed E-state index contributed by atoms with van der Waals surface area (Å²) in [6, 6.07) is 12.2. The average Bonchev–Trinajstić information content (AvgIpc) is 2.47. The Hall–Kier alpha value is -1.71. The smallest absolute Gasteiger partial charge is 0.102 e. The van der Waals surface area contributed by atoms with Gasteiger partial charge in [-0.25, -0.2) is 0 Å². The van der Waals surface area contributed by atoms with E-state index in [1.165, 1.54) is 11.1 Å². The van der Waals surface area contributed by atoms with Gasteiger partial charge in [-0.15, -0.1) is 0 Å². The third-order valence-corrected chi connectivity index (χ3v) is 3.68. The van der Waals surface area contributed by atoms with E-state index in [0.717, 1.165) is 24.3 Å². The quantitative estimate of drug-likeness (QED) is 0.896. The van der Waals surface area contributed by atoms with Crippen molar-refractivity contribution in [1.82, 2.24) is 4.98 Å². The molecule has 0 saturated heterocycles. The molecule has 2 heterocycles. The van der Waals surface area contributed by atoms with Gasteiger partial charge in [-0.1, -0.05) is 30.3 Å². The molecule has 1 aromatic heterocycles. The van der Waals surface area contributed by atoms with Crippen LogP contribution in [0, 0.1) is 6.92 Å². The molecule has 98 valence electrons. The Labute approximate surface area is 113 Å². The van der Waals surface area contributed by atoms with E-state index in [1.807, 2.05) is 31.3 Å². The van der Waals surface area contributed by atoms with Crippen molar-refractivity contribution in [2.24, 2.45) is 5.73 Å². The van der Waals surface area contributed by atoms with Crippen molar-refractivity contribution in [3.05, 3.63) is 65.0 Å². The van der Waals surface area contributed by atoms with Crippen LogP contribution in [-0.2, 0) is 11.2 Å². The van der Waals surface area contributed by atoms with E-state index in [4.69, 9.17) is 10.5 Å².